The van der Waals surface area contributed by atoms with E-state index in [-0.39, 0.29) is 11.8 Å². The van der Waals surface area contributed by atoms with Crippen molar-refractivity contribution in [1.82, 2.24) is 20.5 Å². The fourth-order valence-corrected chi connectivity index (χ4v) is 2.67. The number of nitrogens with zero attached hydrogens (tertiary/aromatic N) is 2. The van der Waals surface area contributed by atoms with E-state index in [0.717, 1.165) is 5.01 Å². The summed E-state index contributed by atoms with van der Waals surface area (Å²) in [5.41, 5.74) is 0.429. The first-order valence-electron chi connectivity index (χ1n) is 6.35. The van der Waals surface area contributed by atoms with Gasteiger partial charge in [-0.15, -0.1) is 11.3 Å². The van der Waals surface area contributed by atoms with Gasteiger partial charge in [0.15, 0.2) is 0 Å². The highest BCUT2D eigenvalue weighted by atomic mass is 32.1. The van der Waals surface area contributed by atoms with Crippen molar-refractivity contribution in [2.75, 3.05) is 26.2 Å². The molecular formula is C12H18N4O2S. The molecule has 0 aromatic carbocycles. The summed E-state index contributed by atoms with van der Waals surface area (Å²) >= 11 is 1.44. The lowest BCUT2D eigenvalue weighted by Gasteiger charge is -2.34. The Morgan fingerprint density at radius 1 is 1.63 bits per heavy atom. The predicted molar refractivity (Wildman–Crippen MR) is 73.2 cm³/mol. The zero-order chi connectivity index (χ0) is 13.8. The summed E-state index contributed by atoms with van der Waals surface area (Å²) in [7, 11) is 0. The number of hydrogen-bond donors (Lipinski definition) is 2. The lowest BCUT2D eigenvalue weighted by Crippen LogP contribution is -2.59. The molecule has 2 amide bonds. The standard InChI is InChI=1S/C12H18N4O2S/c1-3-14-11(17)10-6-13-4-5-16(10)12(18)9-7-19-8(2)15-9/h7,10,13H,3-6H2,1-2H3,(H,14,17). The van der Waals surface area contributed by atoms with Gasteiger partial charge in [-0.25, -0.2) is 4.98 Å². The summed E-state index contributed by atoms with van der Waals surface area (Å²) in [6.07, 6.45) is 0. The Morgan fingerprint density at radius 3 is 3.05 bits per heavy atom. The lowest BCUT2D eigenvalue weighted by molar-refractivity contribution is -0.126. The molecule has 2 rings (SSSR count). The first-order valence-corrected chi connectivity index (χ1v) is 7.23. The maximum absolute atomic E-state index is 12.4. The molecule has 6 nitrogen and oxygen atoms in total. The molecule has 1 aliphatic rings. The molecule has 1 saturated heterocycles. The maximum Gasteiger partial charge on any atom is 0.274 e. The third-order valence-electron chi connectivity index (χ3n) is 3.00. The molecule has 104 valence electrons. The first kappa shape index (κ1) is 14.0. The van der Waals surface area contributed by atoms with E-state index in [1.807, 2.05) is 13.8 Å². The Hall–Kier alpha value is -1.47. The monoisotopic (exact) mass is 282 g/mol. The van der Waals surface area contributed by atoms with Gasteiger partial charge < -0.3 is 15.5 Å². The number of thiazole rings is 1. The molecule has 1 fully saturated rings. The van der Waals surface area contributed by atoms with E-state index >= 15 is 0 Å². The fraction of sp³-hybridized carbons (Fsp3) is 0.583. The van der Waals surface area contributed by atoms with Gasteiger partial charge in [0.1, 0.15) is 11.7 Å². The van der Waals surface area contributed by atoms with Crippen LogP contribution in [0.5, 0.6) is 0 Å². The van der Waals surface area contributed by atoms with Crippen molar-refractivity contribution in [3.63, 3.8) is 0 Å². The maximum atomic E-state index is 12.4. The van der Waals surface area contributed by atoms with Gasteiger partial charge in [-0.05, 0) is 13.8 Å². The summed E-state index contributed by atoms with van der Waals surface area (Å²) in [6, 6.07) is -0.455. The SMILES string of the molecule is CCNC(=O)C1CNCCN1C(=O)c1csc(C)n1. The van der Waals surface area contributed by atoms with Crippen LogP contribution in [0.15, 0.2) is 5.38 Å². The summed E-state index contributed by atoms with van der Waals surface area (Å²) in [4.78, 5) is 30.2. The second-order valence-corrected chi connectivity index (χ2v) is 5.43. The van der Waals surface area contributed by atoms with Gasteiger partial charge in [0, 0.05) is 31.6 Å². The minimum absolute atomic E-state index is 0.116. The van der Waals surface area contributed by atoms with Gasteiger partial charge in [-0.1, -0.05) is 0 Å². The molecule has 1 aliphatic heterocycles. The number of likely N-dealkylation sites (N-methyl/N-ethyl adjacent to an activating group) is 1. The average Bonchev–Trinajstić information content (AvgIpc) is 2.85. The third-order valence-corrected chi connectivity index (χ3v) is 3.77. The average molecular weight is 282 g/mol. The normalized spacial score (nSPS) is 19.3. The topological polar surface area (TPSA) is 74.3 Å². The molecule has 19 heavy (non-hydrogen) atoms. The highest BCUT2D eigenvalue weighted by molar-refractivity contribution is 7.09. The summed E-state index contributed by atoms with van der Waals surface area (Å²) < 4.78 is 0. The van der Waals surface area contributed by atoms with E-state index in [1.54, 1.807) is 10.3 Å². The zero-order valence-corrected chi connectivity index (χ0v) is 11.9. The van der Waals surface area contributed by atoms with E-state index < -0.39 is 6.04 Å². The Kier molecular flexibility index (Phi) is 4.49. The molecule has 2 N–H and O–H groups in total. The smallest absolute Gasteiger partial charge is 0.274 e. The van der Waals surface area contributed by atoms with Crippen molar-refractivity contribution in [1.29, 1.82) is 0 Å². The van der Waals surface area contributed by atoms with Crippen LogP contribution in [0, 0.1) is 6.92 Å². The second-order valence-electron chi connectivity index (χ2n) is 4.36. The Bertz CT molecular complexity index is 474. The van der Waals surface area contributed by atoms with Crippen molar-refractivity contribution in [2.24, 2.45) is 0 Å². The summed E-state index contributed by atoms with van der Waals surface area (Å²) in [5, 5.41) is 8.51. The lowest BCUT2D eigenvalue weighted by atomic mass is 10.1. The molecule has 0 saturated carbocycles. The van der Waals surface area contributed by atoms with Gasteiger partial charge in [-0.2, -0.15) is 0 Å². The van der Waals surface area contributed by atoms with Crippen LogP contribution in [0.2, 0.25) is 0 Å². The van der Waals surface area contributed by atoms with Crippen LogP contribution in [0.25, 0.3) is 0 Å². The Morgan fingerprint density at radius 2 is 2.42 bits per heavy atom. The number of carbonyl (C=O) groups excluding carboxylic acids is 2. The largest absolute Gasteiger partial charge is 0.355 e. The zero-order valence-electron chi connectivity index (χ0n) is 11.1. The minimum Gasteiger partial charge on any atom is -0.355 e. The van der Waals surface area contributed by atoms with Crippen LogP contribution in [-0.2, 0) is 4.79 Å². The fourth-order valence-electron chi connectivity index (χ4n) is 2.08. The van der Waals surface area contributed by atoms with Crippen LogP contribution >= 0.6 is 11.3 Å². The summed E-state index contributed by atoms with van der Waals surface area (Å²) in [5.74, 6) is -0.280. The van der Waals surface area contributed by atoms with Gasteiger partial charge in [-0.3, -0.25) is 9.59 Å². The summed E-state index contributed by atoms with van der Waals surface area (Å²) in [6.45, 7) is 6.00. The van der Waals surface area contributed by atoms with Crippen LogP contribution < -0.4 is 10.6 Å². The minimum atomic E-state index is -0.455. The number of nitrogens with one attached hydrogen (secondary N) is 2. The number of aromatic nitrogens is 1. The number of hydrogen-bond acceptors (Lipinski definition) is 5. The second kappa shape index (κ2) is 6.12. The molecule has 0 radical (unpaired) electrons. The molecule has 1 aromatic rings. The molecule has 7 heteroatoms. The molecule has 0 aliphatic carbocycles. The first-order chi connectivity index (χ1) is 9.13. The van der Waals surface area contributed by atoms with Crippen LogP contribution in [0.1, 0.15) is 22.4 Å². The van der Waals surface area contributed by atoms with E-state index in [2.05, 4.69) is 15.6 Å². The predicted octanol–water partition coefficient (Wildman–Crippen LogP) is 0.00162. The van der Waals surface area contributed by atoms with Crippen molar-refractivity contribution in [3.8, 4) is 0 Å². The van der Waals surface area contributed by atoms with Crippen LogP contribution in [0.3, 0.4) is 0 Å². The van der Waals surface area contributed by atoms with Crippen molar-refractivity contribution in [3.05, 3.63) is 16.1 Å². The van der Waals surface area contributed by atoms with Gasteiger partial charge >= 0.3 is 0 Å². The van der Waals surface area contributed by atoms with E-state index in [0.29, 0.717) is 31.9 Å². The van der Waals surface area contributed by atoms with Crippen LogP contribution in [0.4, 0.5) is 0 Å². The molecule has 1 aromatic heterocycles. The van der Waals surface area contributed by atoms with E-state index in [4.69, 9.17) is 0 Å². The Labute approximate surface area is 116 Å². The van der Waals surface area contributed by atoms with Crippen LogP contribution in [-0.4, -0.2) is 53.9 Å². The van der Waals surface area contributed by atoms with Crippen molar-refractivity contribution in [2.45, 2.75) is 19.9 Å². The molecule has 0 bridgehead atoms. The Balaban J connectivity index is 2.15. The van der Waals surface area contributed by atoms with Gasteiger partial charge in [0.2, 0.25) is 5.91 Å². The molecule has 2 heterocycles. The van der Waals surface area contributed by atoms with Gasteiger partial charge in [0.05, 0.1) is 5.01 Å². The molecule has 1 unspecified atom stereocenters. The number of amides is 2. The molecule has 0 spiro atoms. The number of carbonyl (C=O) groups is 2. The van der Waals surface area contributed by atoms with Gasteiger partial charge in [0.25, 0.3) is 5.91 Å². The third kappa shape index (κ3) is 3.10. The van der Waals surface area contributed by atoms with Crippen molar-refractivity contribution < 1.29 is 9.59 Å². The van der Waals surface area contributed by atoms with E-state index in [9.17, 15) is 9.59 Å². The number of piperazine rings is 1. The van der Waals surface area contributed by atoms with E-state index in [1.165, 1.54) is 11.3 Å². The highest BCUT2D eigenvalue weighted by Gasteiger charge is 2.33. The number of aryl methyl sites for hydroxylation is 1. The van der Waals surface area contributed by atoms with Crippen molar-refractivity contribution >= 4 is 23.2 Å². The quantitative estimate of drug-likeness (QED) is 0.818. The number of rotatable bonds is 3. The highest BCUT2D eigenvalue weighted by Crippen LogP contribution is 2.14. The molecular weight excluding hydrogens is 264 g/mol. The molecule has 1 atom stereocenters.